The molecule has 100 valence electrons. The quantitative estimate of drug-likeness (QED) is 0.872. The fourth-order valence-electron chi connectivity index (χ4n) is 2.01. The van der Waals surface area contributed by atoms with Crippen molar-refractivity contribution in [3.8, 4) is 0 Å². The molecule has 2 nitrogen and oxygen atoms in total. The van der Waals surface area contributed by atoms with Gasteiger partial charge in [-0.15, -0.1) is 0 Å². The number of nitrogens with one attached hydrogen (secondary N) is 1. The summed E-state index contributed by atoms with van der Waals surface area (Å²) in [5.41, 5.74) is 3.54. The number of aryl methyl sites for hydroxylation is 1. The first-order chi connectivity index (χ1) is 9.20. The van der Waals surface area contributed by atoms with E-state index in [1.54, 1.807) is 7.11 Å². The third-order valence-electron chi connectivity index (χ3n) is 2.99. The molecular weight excluding hydrogens is 302 g/mol. The number of halogens is 1. The van der Waals surface area contributed by atoms with E-state index < -0.39 is 0 Å². The molecule has 0 aliphatic carbocycles. The first-order valence-electron chi connectivity index (χ1n) is 6.27. The Kier molecular flexibility index (Phi) is 5.00. The molecule has 0 saturated heterocycles. The number of benzene rings is 2. The zero-order valence-corrected chi connectivity index (χ0v) is 12.8. The molecule has 0 aromatic heterocycles. The van der Waals surface area contributed by atoms with Crippen molar-refractivity contribution in [1.82, 2.24) is 0 Å². The minimum atomic E-state index is 0.143. The molecule has 2 aromatic carbocycles. The second kappa shape index (κ2) is 6.73. The highest BCUT2D eigenvalue weighted by Gasteiger charge is 2.12. The Labute approximate surface area is 122 Å². The lowest BCUT2D eigenvalue weighted by Gasteiger charge is -2.21. The van der Waals surface area contributed by atoms with Crippen LogP contribution in [0, 0.1) is 6.92 Å². The largest absolute Gasteiger partial charge is 0.382 e. The maximum atomic E-state index is 5.32. The summed E-state index contributed by atoms with van der Waals surface area (Å²) in [5.74, 6) is 0. The van der Waals surface area contributed by atoms with E-state index in [1.807, 2.05) is 18.2 Å². The molecule has 2 aromatic rings. The highest BCUT2D eigenvalue weighted by molar-refractivity contribution is 9.10. The zero-order valence-electron chi connectivity index (χ0n) is 11.2. The van der Waals surface area contributed by atoms with Gasteiger partial charge in [0.05, 0.1) is 12.6 Å². The molecule has 0 bridgehead atoms. The van der Waals surface area contributed by atoms with E-state index in [9.17, 15) is 0 Å². The van der Waals surface area contributed by atoms with E-state index in [1.165, 1.54) is 11.1 Å². The van der Waals surface area contributed by atoms with Crippen molar-refractivity contribution >= 4 is 21.6 Å². The number of ether oxygens (including phenoxy) is 1. The summed E-state index contributed by atoms with van der Waals surface area (Å²) in [6.45, 7) is 2.72. The Hall–Kier alpha value is -1.32. The standard InChI is InChI=1S/C16H18BrNO/c1-12-8-9-14(17)15(10-12)18-16(11-19-2)13-6-4-3-5-7-13/h3-10,16,18H,11H2,1-2H3. The van der Waals surface area contributed by atoms with E-state index in [2.05, 4.69) is 58.5 Å². The topological polar surface area (TPSA) is 21.3 Å². The molecule has 0 spiro atoms. The first-order valence-corrected chi connectivity index (χ1v) is 7.06. The van der Waals surface area contributed by atoms with Gasteiger partial charge in [-0.25, -0.2) is 0 Å². The Morgan fingerprint density at radius 1 is 1.16 bits per heavy atom. The molecule has 1 N–H and O–H groups in total. The van der Waals surface area contributed by atoms with Crippen molar-refractivity contribution < 1.29 is 4.74 Å². The van der Waals surface area contributed by atoms with E-state index in [-0.39, 0.29) is 6.04 Å². The number of anilines is 1. The van der Waals surface area contributed by atoms with Crippen LogP contribution in [0.25, 0.3) is 0 Å². The fourth-order valence-corrected chi connectivity index (χ4v) is 2.37. The van der Waals surface area contributed by atoms with Crippen LogP contribution >= 0.6 is 15.9 Å². The molecular formula is C16H18BrNO. The van der Waals surface area contributed by atoms with Gasteiger partial charge in [0, 0.05) is 17.3 Å². The van der Waals surface area contributed by atoms with Gasteiger partial charge in [-0.05, 0) is 46.1 Å². The van der Waals surface area contributed by atoms with Crippen LogP contribution in [0.2, 0.25) is 0 Å². The maximum Gasteiger partial charge on any atom is 0.0747 e. The maximum absolute atomic E-state index is 5.32. The van der Waals surface area contributed by atoms with Crippen molar-refractivity contribution in [2.45, 2.75) is 13.0 Å². The van der Waals surface area contributed by atoms with Gasteiger partial charge in [-0.2, -0.15) is 0 Å². The second-order valence-corrected chi connectivity index (χ2v) is 5.40. The normalized spacial score (nSPS) is 12.2. The summed E-state index contributed by atoms with van der Waals surface area (Å²) in [4.78, 5) is 0. The lowest BCUT2D eigenvalue weighted by Crippen LogP contribution is -2.16. The van der Waals surface area contributed by atoms with Crippen molar-refractivity contribution in [1.29, 1.82) is 0 Å². The van der Waals surface area contributed by atoms with Crippen LogP contribution in [-0.2, 0) is 4.74 Å². The highest BCUT2D eigenvalue weighted by atomic mass is 79.9. The molecule has 19 heavy (non-hydrogen) atoms. The molecule has 2 rings (SSSR count). The van der Waals surface area contributed by atoms with Gasteiger partial charge < -0.3 is 10.1 Å². The van der Waals surface area contributed by atoms with Gasteiger partial charge >= 0.3 is 0 Å². The predicted octanol–water partition coefficient (Wildman–Crippen LogP) is 4.56. The molecule has 0 heterocycles. The summed E-state index contributed by atoms with van der Waals surface area (Å²) >= 11 is 3.58. The number of hydrogen-bond donors (Lipinski definition) is 1. The average Bonchev–Trinajstić information content (AvgIpc) is 2.43. The molecule has 3 heteroatoms. The summed E-state index contributed by atoms with van der Waals surface area (Å²) in [6.07, 6.45) is 0. The van der Waals surface area contributed by atoms with E-state index in [0.717, 1.165) is 10.2 Å². The Morgan fingerprint density at radius 3 is 2.58 bits per heavy atom. The summed E-state index contributed by atoms with van der Waals surface area (Å²) in [7, 11) is 1.73. The molecule has 1 unspecified atom stereocenters. The molecule has 0 radical (unpaired) electrons. The minimum absolute atomic E-state index is 0.143. The van der Waals surface area contributed by atoms with Crippen LogP contribution in [0.15, 0.2) is 53.0 Å². The van der Waals surface area contributed by atoms with E-state index in [4.69, 9.17) is 4.74 Å². The fraction of sp³-hybridized carbons (Fsp3) is 0.250. The van der Waals surface area contributed by atoms with Crippen LogP contribution in [0.1, 0.15) is 17.2 Å². The van der Waals surface area contributed by atoms with Crippen molar-refractivity contribution in [3.63, 3.8) is 0 Å². The van der Waals surface area contributed by atoms with Crippen molar-refractivity contribution in [2.75, 3.05) is 19.0 Å². The molecule has 0 fully saturated rings. The number of rotatable bonds is 5. The zero-order chi connectivity index (χ0) is 13.7. The molecule has 0 saturated carbocycles. The molecule has 0 aliphatic heterocycles. The Morgan fingerprint density at radius 2 is 1.89 bits per heavy atom. The highest BCUT2D eigenvalue weighted by Crippen LogP contribution is 2.27. The Bertz CT molecular complexity index is 528. The Balaban J connectivity index is 2.24. The van der Waals surface area contributed by atoms with Crippen LogP contribution in [0.5, 0.6) is 0 Å². The van der Waals surface area contributed by atoms with Crippen LogP contribution in [0.3, 0.4) is 0 Å². The molecule has 0 aliphatic rings. The van der Waals surface area contributed by atoms with Gasteiger partial charge in [0.25, 0.3) is 0 Å². The van der Waals surface area contributed by atoms with Gasteiger partial charge in [0.15, 0.2) is 0 Å². The van der Waals surface area contributed by atoms with Crippen molar-refractivity contribution in [3.05, 3.63) is 64.1 Å². The van der Waals surface area contributed by atoms with Gasteiger partial charge in [0.1, 0.15) is 0 Å². The molecule has 1 atom stereocenters. The van der Waals surface area contributed by atoms with E-state index >= 15 is 0 Å². The lowest BCUT2D eigenvalue weighted by atomic mass is 10.1. The first kappa shape index (κ1) is 14.1. The van der Waals surface area contributed by atoms with Crippen LogP contribution in [0.4, 0.5) is 5.69 Å². The third kappa shape index (κ3) is 3.82. The lowest BCUT2D eigenvalue weighted by molar-refractivity contribution is 0.186. The van der Waals surface area contributed by atoms with Crippen LogP contribution < -0.4 is 5.32 Å². The van der Waals surface area contributed by atoms with Gasteiger partial charge in [0.2, 0.25) is 0 Å². The second-order valence-electron chi connectivity index (χ2n) is 4.55. The minimum Gasteiger partial charge on any atom is -0.382 e. The SMILES string of the molecule is COCC(Nc1cc(C)ccc1Br)c1ccccc1. The summed E-state index contributed by atoms with van der Waals surface area (Å²) in [5, 5.41) is 3.53. The van der Waals surface area contributed by atoms with Gasteiger partial charge in [-0.1, -0.05) is 36.4 Å². The monoisotopic (exact) mass is 319 g/mol. The van der Waals surface area contributed by atoms with Gasteiger partial charge in [-0.3, -0.25) is 0 Å². The van der Waals surface area contributed by atoms with Crippen molar-refractivity contribution in [2.24, 2.45) is 0 Å². The third-order valence-corrected chi connectivity index (χ3v) is 3.68. The van der Waals surface area contributed by atoms with E-state index in [0.29, 0.717) is 6.61 Å². The summed E-state index contributed by atoms with van der Waals surface area (Å²) < 4.78 is 6.39. The van der Waals surface area contributed by atoms with Crippen LogP contribution in [-0.4, -0.2) is 13.7 Å². The smallest absolute Gasteiger partial charge is 0.0747 e. The number of hydrogen-bond acceptors (Lipinski definition) is 2. The summed E-state index contributed by atoms with van der Waals surface area (Å²) in [6, 6.07) is 16.8. The average molecular weight is 320 g/mol. The molecule has 0 amide bonds. The predicted molar refractivity (Wildman–Crippen MR) is 83.6 cm³/mol. The number of methoxy groups -OCH3 is 1.